The third kappa shape index (κ3) is 3.00. The van der Waals surface area contributed by atoms with Crippen LogP contribution in [0.25, 0.3) is 16.6 Å². The number of amides is 1. The first-order valence-electron chi connectivity index (χ1n) is 7.74. The van der Waals surface area contributed by atoms with Crippen LogP contribution in [-0.4, -0.2) is 39.2 Å². The Balaban J connectivity index is 1.84. The van der Waals surface area contributed by atoms with Crippen molar-refractivity contribution < 1.29 is 18.7 Å². The molecule has 1 atom stereocenters. The second-order valence-electron chi connectivity index (χ2n) is 5.98. The van der Waals surface area contributed by atoms with E-state index in [1.165, 1.54) is 19.7 Å². The number of methoxy groups -OCH3 is 1. The number of fused-ring (bicyclic) bond motifs is 3. The molecule has 3 aromatic heterocycles. The molecule has 1 N–H and O–H groups in total. The van der Waals surface area contributed by atoms with Crippen LogP contribution in [0.5, 0.6) is 0 Å². The standard InChI is InChI=1S/C16H18N4O5/c1-9(2)14(16(23)24-3)18-13(21)7-20-15(22)11-6-12-10(4-5-25-12)19(11)8-17-20/h4-6,8-9,14H,7H2,1-3H3,(H,18,21). The largest absolute Gasteiger partial charge is 0.467 e. The minimum absolute atomic E-state index is 0.152. The van der Waals surface area contributed by atoms with E-state index in [0.717, 1.165) is 10.2 Å². The maximum Gasteiger partial charge on any atom is 0.328 e. The minimum atomic E-state index is -0.785. The fourth-order valence-electron chi connectivity index (χ4n) is 2.63. The molecule has 0 bridgehead atoms. The highest BCUT2D eigenvalue weighted by Gasteiger charge is 2.25. The number of aromatic nitrogens is 3. The summed E-state index contributed by atoms with van der Waals surface area (Å²) in [5, 5.41) is 6.59. The minimum Gasteiger partial charge on any atom is -0.467 e. The smallest absolute Gasteiger partial charge is 0.328 e. The fourth-order valence-corrected chi connectivity index (χ4v) is 2.63. The lowest BCUT2D eigenvalue weighted by atomic mass is 10.0. The number of furan rings is 1. The number of hydrogen-bond acceptors (Lipinski definition) is 6. The van der Waals surface area contributed by atoms with Gasteiger partial charge in [0.2, 0.25) is 5.91 Å². The van der Waals surface area contributed by atoms with Crippen LogP contribution in [0.3, 0.4) is 0 Å². The molecule has 0 saturated carbocycles. The van der Waals surface area contributed by atoms with Gasteiger partial charge in [-0.3, -0.25) is 14.0 Å². The van der Waals surface area contributed by atoms with Crippen molar-refractivity contribution in [1.29, 1.82) is 0 Å². The van der Waals surface area contributed by atoms with Gasteiger partial charge in [-0.25, -0.2) is 9.48 Å². The van der Waals surface area contributed by atoms with Crippen molar-refractivity contribution in [3.63, 3.8) is 0 Å². The molecule has 0 saturated heterocycles. The molecular formula is C16H18N4O5. The van der Waals surface area contributed by atoms with E-state index < -0.39 is 23.5 Å². The molecule has 9 heteroatoms. The lowest BCUT2D eigenvalue weighted by Crippen LogP contribution is -2.47. The van der Waals surface area contributed by atoms with Gasteiger partial charge in [-0.05, 0) is 5.92 Å². The molecule has 0 fully saturated rings. The summed E-state index contributed by atoms with van der Waals surface area (Å²) >= 11 is 0. The molecule has 3 rings (SSSR count). The topological polar surface area (TPSA) is 108 Å². The van der Waals surface area contributed by atoms with Crippen molar-refractivity contribution in [3.8, 4) is 0 Å². The van der Waals surface area contributed by atoms with Gasteiger partial charge in [-0.1, -0.05) is 13.8 Å². The van der Waals surface area contributed by atoms with E-state index in [9.17, 15) is 14.4 Å². The van der Waals surface area contributed by atoms with E-state index >= 15 is 0 Å². The van der Waals surface area contributed by atoms with Gasteiger partial charge in [0.1, 0.15) is 24.4 Å². The molecule has 3 aromatic rings. The average Bonchev–Trinajstić information content (AvgIpc) is 3.16. The molecule has 0 aromatic carbocycles. The van der Waals surface area contributed by atoms with Gasteiger partial charge in [0.05, 0.1) is 18.9 Å². The molecule has 0 aliphatic rings. The molecular weight excluding hydrogens is 328 g/mol. The molecule has 0 spiro atoms. The Morgan fingerprint density at radius 2 is 2.12 bits per heavy atom. The van der Waals surface area contributed by atoms with E-state index in [-0.39, 0.29) is 12.5 Å². The molecule has 3 heterocycles. The average molecular weight is 346 g/mol. The zero-order chi connectivity index (χ0) is 18.1. The molecule has 0 radical (unpaired) electrons. The Bertz CT molecular complexity index is 997. The first-order valence-corrected chi connectivity index (χ1v) is 7.74. The summed E-state index contributed by atoms with van der Waals surface area (Å²) in [5.74, 6) is -1.19. The van der Waals surface area contributed by atoms with Crippen molar-refractivity contribution in [3.05, 3.63) is 35.1 Å². The van der Waals surface area contributed by atoms with Crippen LogP contribution >= 0.6 is 0 Å². The quantitative estimate of drug-likeness (QED) is 0.676. The Morgan fingerprint density at radius 3 is 2.80 bits per heavy atom. The first-order chi connectivity index (χ1) is 11.9. The Morgan fingerprint density at radius 1 is 1.36 bits per heavy atom. The number of nitrogens with one attached hydrogen (secondary N) is 1. The van der Waals surface area contributed by atoms with Crippen LogP contribution in [0.15, 0.2) is 33.9 Å². The van der Waals surface area contributed by atoms with Crippen molar-refractivity contribution in [2.75, 3.05) is 7.11 Å². The van der Waals surface area contributed by atoms with Crippen LogP contribution in [0.1, 0.15) is 13.8 Å². The lowest BCUT2D eigenvalue weighted by Gasteiger charge is -2.19. The second-order valence-corrected chi connectivity index (χ2v) is 5.98. The van der Waals surface area contributed by atoms with Crippen LogP contribution in [0.4, 0.5) is 0 Å². The third-order valence-electron chi connectivity index (χ3n) is 3.95. The van der Waals surface area contributed by atoms with Gasteiger partial charge in [-0.2, -0.15) is 5.10 Å². The van der Waals surface area contributed by atoms with Gasteiger partial charge < -0.3 is 14.5 Å². The number of rotatable bonds is 5. The van der Waals surface area contributed by atoms with Gasteiger partial charge in [0.25, 0.3) is 5.56 Å². The normalized spacial score (nSPS) is 12.6. The van der Waals surface area contributed by atoms with Crippen molar-refractivity contribution in [2.45, 2.75) is 26.4 Å². The number of nitrogens with zero attached hydrogens (tertiary/aromatic N) is 3. The van der Waals surface area contributed by atoms with E-state index in [2.05, 4.69) is 15.2 Å². The number of esters is 1. The number of carbonyl (C=O) groups is 2. The van der Waals surface area contributed by atoms with E-state index in [0.29, 0.717) is 11.1 Å². The predicted molar refractivity (Wildman–Crippen MR) is 88.0 cm³/mol. The molecule has 1 unspecified atom stereocenters. The van der Waals surface area contributed by atoms with Gasteiger partial charge in [0.15, 0.2) is 5.58 Å². The second kappa shape index (κ2) is 6.42. The van der Waals surface area contributed by atoms with E-state index in [1.807, 2.05) is 0 Å². The summed E-state index contributed by atoms with van der Waals surface area (Å²) in [7, 11) is 1.26. The fraction of sp³-hybridized carbons (Fsp3) is 0.375. The maximum atomic E-state index is 12.5. The molecule has 9 nitrogen and oxygen atoms in total. The van der Waals surface area contributed by atoms with Gasteiger partial charge in [-0.15, -0.1) is 0 Å². The molecule has 0 aliphatic heterocycles. The summed E-state index contributed by atoms with van der Waals surface area (Å²) in [6.07, 6.45) is 2.97. The van der Waals surface area contributed by atoms with Crippen LogP contribution in [-0.2, 0) is 20.9 Å². The predicted octanol–water partition coefficient (Wildman–Crippen LogP) is 0.556. The van der Waals surface area contributed by atoms with Crippen LogP contribution in [0.2, 0.25) is 0 Å². The lowest BCUT2D eigenvalue weighted by molar-refractivity contribution is -0.146. The van der Waals surface area contributed by atoms with Crippen LogP contribution < -0.4 is 10.9 Å². The zero-order valence-corrected chi connectivity index (χ0v) is 14.1. The first kappa shape index (κ1) is 16.7. The highest BCUT2D eigenvalue weighted by Crippen LogP contribution is 2.18. The SMILES string of the molecule is COC(=O)C(NC(=O)Cn1ncn2c(cc3occc32)c1=O)C(C)C. The molecule has 0 aliphatic carbocycles. The summed E-state index contributed by atoms with van der Waals surface area (Å²) in [5.41, 5.74) is 1.21. The summed E-state index contributed by atoms with van der Waals surface area (Å²) in [6, 6.07) is 2.54. The number of hydrogen-bond donors (Lipinski definition) is 1. The zero-order valence-electron chi connectivity index (χ0n) is 14.1. The monoisotopic (exact) mass is 346 g/mol. The Hall–Kier alpha value is -3.10. The molecule has 132 valence electrons. The van der Waals surface area contributed by atoms with Gasteiger partial charge in [0, 0.05) is 12.1 Å². The van der Waals surface area contributed by atoms with Crippen molar-refractivity contribution >= 4 is 28.5 Å². The summed E-state index contributed by atoms with van der Waals surface area (Å²) < 4.78 is 12.6. The number of carbonyl (C=O) groups excluding carboxylic acids is 2. The Kier molecular flexibility index (Phi) is 4.30. The third-order valence-corrected chi connectivity index (χ3v) is 3.95. The van der Waals surface area contributed by atoms with Crippen molar-refractivity contribution in [1.82, 2.24) is 19.5 Å². The van der Waals surface area contributed by atoms with Crippen molar-refractivity contribution in [2.24, 2.45) is 5.92 Å². The highest BCUT2D eigenvalue weighted by molar-refractivity contribution is 5.85. The van der Waals surface area contributed by atoms with Gasteiger partial charge >= 0.3 is 5.97 Å². The number of ether oxygens (including phenoxy) is 1. The summed E-state index contributed by atoms with van der Waals surface area (Å²) in [4.78, 5) is 36.4. The van der Waals surface area contributed by atoms with E-state index in [4.69, 9.17) is 4.42 Å². The summed E-state index contributed by atoms with van der Waals surface area (Å²) in [6.45, 7) is 3.27. The Labute approximate surface area is 142 Å². The van der Waals surface area contributed by atoms with E-state index in [1.54, 1.807) is 30.4 Å². The maximum absolute atomic E-state index is 12.5. The molecule has 25 heavy (non-hydrogen) atoms. The van der Waals surface area contributed by atoms with Crippen LogP contribution in [0, 0.1) is 5.92 Å². The highest BCUT2D eigenvalue weighted by atomic mass is 16.5. The molecule has 1 amide bonds.